The number of hydrogen-bond donors (Lipinski definition) is 2. The van der Waals surface area contributed by atoms with Crippen molar-refractivity contribution in [1.82, 2.24) is 4.31 Å². The SMILES string of the molecule is CCN(CC)S(=O)(=O)c1ccc(C(=O)Nc2sc3c(c2C(=O)OC)CC[NH+](C)C3)cc1. The molecule has 2 heterocycles. The van der Waals surface area contributed by atoms with Gasteiger partial charge in [0.25, 0.3) is 5.91 Å². The Morgan fingerprint density at radius 2 is 1.84 bits per heavy atom. The number of ether oxygens (including phenoxy) is 1. The van der Waals surface area contributed by atoms with E-state index in [1.807, 2.05) is 0 Å². The van der Waals surface area contributed by atoms with Gasteiger partial charge in [-0.25, -0.2) is 13.2 Å². The fourth-order valence-corrected chi connectivity index (χ4v) is 6.50. The van der Waals surface area contributed by atoms with Crippen molar-refractivity contribution in [3.8, 4) is 0 Å². The van der Waals surface area contributed by atoms with Crippen molar-refractivity contribution in [3.05, 3.63) is 45.8 Å². The van der Waals surface area contributed by atoms with E-state index in [2.05, 4.69) is 12.4 Å². The lowest BCUT2D eigenvalue weighted by Crippen LogP contribution is -3.08. The highest BCUT2D eigenvalue weighted by molar-refractivity contribution is 7.89. The molecule has 0 saturated carbocycles. The largest absolute Gasteiger partial charge is 0.465 e. The van der Waals surface area contributed by atoms with Gasteiger partial charge in [-0.3, -0.25) is 4.79 Å². The lowest BCUT2D eigenvalue weighted by atomic mass is 10.0. The van der Waals surface area contributed by atoms with E-state index in [1.54, 1.807) is 13.8 Å². The van der Waals surface area contributed by atoms with Crippen LogP contribution in [0.1, 0.15) is 45.0 Å². The molecule has 0 radical (unpaired) electrons. The van der Waals surface area contributed by atoms with Crippen LogP contribution in [0.15, 0.2) is 29.2 Å². The number of nitrogens with one attached hydrogen (secondary N) is 2. The van der Waals surface area contributed by atoms with E-state index in [9.17, 15) is 18.0 Å². The Kier molecular flexibility index (Phi) is 7.15. The van der Waals surface area contributed by atoms with Crippen LogP contribution >= 0.6 is 11.3 Å². The Morgan fingerprint density at radius 1 is 1.19 bits per heavy atom. The molecule has 1 unspecified atom stereocenters. The maximum Gasteiger partial charge on any atom is 0.341 e. The van der Waals surface area contributed by atoms with Gasteiger partial charge in [-0.05, 0) is 29.8 Å². The van der Waals surface area contributed by atoms with Crippen molar-refractivity contribution in [2.45, 2.75) is 31.7 Å². The number of rotatable bonds is 7. The van der Waals surface area contributed by atoms with E-state index < -0.39 is 21.9 Å². The third-order valence-electron chi connectivity index (χ3n) is 5.43. The zero-order chi connectivity index (χ0) is 22.8. The molecule has 1 aliphatic rings. The quantitative estimate of drug-likeness (QED) is 0.601. The second-order valence-corrected chi connectivity index (χ2v) is 10.4. The molecule has 10 heteroatoms. The number of quaternary nitrogens is 1. The number of esters is 1. The molecule has 1 aromatic carbocycles. The molecule has 1 atom stereocenters. The van der Waals surface area contributed by atoms with Crippen molar-refractivity contribution in [3.63, 3.8) is 0 Å². The van der Waals surface area contributed by atoms with E-state index >= 15 is 0 Å². The fraction of sp³-hybridized carbons (Fsp3) is 0.429. The number of thiophene rings is 1. The average molecular weight is 467 g/mol. The summed E-state index contributed by atoms with van der Waals surface area (Å²) in [7, 11) is -0.175. The van der Waals surface area contributed by atoms with Gasteiger partial charge in [0.1, 0.15) is 11.5 Å². The Labute approximate surface area is 186 Å². The van der Waals surface area contributed by atoms with Crippen LogP contribution in [0.5, 0.6) is 0 Å². The summed E-state index contributed by atoms with van der Waals surface area (Å²) in [5.41, 5.74) is 1.67. The first-order valence-corrected chi connectivity index (χ1v) is 12.4. The number of nitrogens with zero attached hydrogens (tertiary/aromatic N) is 1. The molecular formula is C21H28N3O5S2+. The van der Waals surface area contributed by atoms with Crippen molar-refractivity contribution in [2.75, 3.05) is 39.1 Å². The predicted octanol–water partition coefficient (Wildman–Crippen LogP) is 1.39. The predicted molar refractivity (Wildman–Crippen MR) is 119 cm³/mol. The lowest BCUT2D eigenvalue weighted by molar-refractivity contribution is -0.895. The summed E-state index contributed by atoms with van der Waals surface area (Å²) in [6, 6.07) is 5.83. The van der Waals surface area contributed by atoms with Crippen LogP contribution in [0.2, 0.25) is 0 Å². The highest BCUT2D eigenvalue weighted by Crippen LogP contribution is 2.35. The number of carbonyl (C=O) groups excluding carboxylic acids is 2. The number of benzene rings is 1. The van der Waals surface area contributed by atoms with Gasteiger partial charge in [0.05, 0.1) is 36.0 Å². The number of fused-ring (bicyclic) bond motifs is 1. The molecule has 0 spiro atoms. The molecule has 1 amide bonds. The van der Waals surface area contributed by atoms with Crippen molar-refractivity contribution in [1.29, 1.82) is 0 Å². The third kappa shape index (κ3) is 4.67. The average Bonchev–Trinajstić information content (AvgIpc) is 3.10. The summed E-state index contributed by atoms with van der Waals surface area (Å²) in [5, 5.41) is 3.30. The van der Waals surface area contributed by atoms with Crippen LogP contribution in [0.3, 0.4) is 0 Å². The Bertz CT molecular complexity index is 1070. The number of amides is 1. The fourth-order valence-electron chi connectivity index (χ4n) is 3.69. The molecule has 2 aromatic rings. The maximum atomic E-state index is 12.8. The maximum absolute atomic E-state index is 12.8. The van der Waals surface area contributed by atoms with Crippen LogP contribution in [0.25, 0.3) is 0 Å². The van der Waals surface area contributed by atoms with E-state index in [0.29, 0.717) is 29.2 Å². The molecule has 168 valence electrons. The summed E-state index contributed by atoms with van der Waals surface area (Å²) in [4.78, 5) is 27.8. The van der Waals surface area contributed by atoms with Gasteiger partial charge in [0, 0.05) is 25.1 Å². The Hall–Kier alpha value is -2.27. The topological polar surface area (TPSA) is 97.2 Å². The smallest absolute Gasteiger partial charge is 0.341 e. The van der Waals surface area contributed by atoms with E-state index in [-0.39, 0.29) is 4.90 Å². The molecule has 1 aliphatic heterocycles. The monoisotopic (exact) mass is 466 g/mol. The molecule has 8 nitrogen and oxygen atoms in total. The van der Waals surface area contributed by atoms with Crippen molar-refractivity contribution < 1.29 is 27.6 Å². The second kappa shape index (κ2) is 9.47. The first-order chi connectivity index (χ1) is 14.7. The van der Waals surface area contributed by atoms with Gasteiger partial charge in [-0.2, -0.15) is 4.31 Å². The Balaban J connectivity index is 1.86. The Morgan fingerprint density at radius 3 is 2.42 bits per heavy atom. The van der Waals surface area contributed by atoms with Crippen LogP contribution in [0, 0.1) is 0 Å². The zero-order valence-electron chi connectivity index (χ0n) is 18.1. The van der Waals surface area contributed by atoms with Gasteiger partial charge < -0.3 is 15.0 Å². The van der Waals surface area contributed by atoms with E-state index in [4.69, 9.17) is 4.74 Å². The molecule has 0 bridgehead atoms. The highest BCUT2D eigenvalue weighted by atomic mass is 32.2. The van der Waals surface area contributed by atoms with Crippen molar-refractivity contribution >= 4 is 38.2 Å². The second-order valence-electron chi connectivity index (χ2n) is 7.40. The first-order valence-electron chi connectivity index (χ1n) is 10.2. The highest BCUT2D eigenvalue weighted by Gasteiger charge is 2.30. The molecule has 3 rings (SSSR count). The molecule has 2 N–H and O–H groups in total. The molecule has 0 fully saturated rings. The summed E-state index contributed by atoms with van der Waals surface area (Å²) < 4.78 is 31.6. The minimum Gasteiger partial charge on any atom is -0.465 e. The van der Waals surface area contributed by atoms with Gasteiger partial charge in [0.15, 0.2) is 0 Å². The van der Waals surface area contributed by atoms with Crippen LogP contribution in [0.4, 0.5) is 5.00 Å². The number of hydrogen-bond acceptors (Lipinski definition) is 6. The van der Waals surface area contributed by atoms with Crippen LogP contribution < -0.4 is 10.2 Å². The third-order valence-corrected chi connectivity index (χ3v) is 8.64. The van der Waals surface area contributed by atoms with Crippen LogP contribution in [-0.2, 0) is 27.7 Å². The number of anilines is 1. The summed E-state index contributed by atoms with van der Waals surface area (Å²) in [6.07, 6.45) is 0.746. The first kappa shape index (κ1) is 23.4. The van der Waals surface area contributed by atoms with Crippen molar-refractivity contribution in [2.24, 2.45) is 0 Å². The number of methoxy groups -OCH3 is 1. The van der Waals surface area contributed by atoms with E-state index in [0.717, 1.165) is 30.0 Å². The van der Waals surface area contributed by atoms with Gasteiger partial charge >= 0.3 is 5.97 Å². The van der Waals surface area contributed by atoms with Gasteiger partial charge in [-0.1, -0.05) is 13.8 Å². The lowest BCUT2D eigenvalue weighted by Gasteiger charge is -2.19. The normalized spacial score (nSPS) is 16.1. The number of likely N-dealkylation sites (N-methyl/N-ethyl adjacent to an activating group) is 1. The standard InChI is InChI=1S/C21H27N3O5S2/c1-5-24(6-2)31(27,28)15-9-7-14(8-10-15)19(25)22-20-18(21(26)29-4)16-11-12-23(3)13-17(16)30-20/h7-10H,5-6,11-13H2,1-4H3,(H,22,25)/p+1. The summed E-state index contributed by atoms with van der Waals surface area (Å²) in [6.45, 7) is 6.00. The minimum atomic E-state index is -3.59. The molecular weight excluding hydrogens is 438 g/mol. The number of sulfonamides is 1. The molecule has 0 aliphatic carbocycles. The molecule has 0 saturated heterocycles. The van der Waals surface area contributed by atoms with E-state index in [1.165, 1.54) is 51.9 Å². The molecule has 1 aromatic heterocycles. The number of carbonyl (C=O) groups is 2. The summed E-state index contributed by atoms with van der Waals surface area (Å²) >= 11 is 1.39. The molecule has 31 heavy (non-hydrogen) atoms. The summed E-state index contributed by atoms with van der Waals surface area (Å²) in [5.74, 6) is -0.871. The van der Waals surface area contributed by atoms with Gasteiger partial charge in [0.2, 0.25) is 10.0 Å². The van der Waals surface area contributed by atoms with Gasteiger partial charge in [-0.15, -0.1) is 11.3 Å². The zero-order valence-corrected chi connectivity index (χ0v) is 19.8. The van der Waals surface area contributed by atoms with Crippen LogP contribution in [-0.4, -0.2) is 58.4 Å². The minimum absolute atomic E-state index is 0.139.